The number of carboxylic acids is 1. The van der Waals surface area contributed by atoms with E-state index in [0.717, 1.165) is 55.2 Å². The van der Waals surface area contributed by atoms with E-state index in [1.807, 2.05) is 18.0 Å². The molecular weight excluding hydrogens is 326 g/mol. The molecule has 2 aromatic heterocycles. The maximum atomic E-state index is 10.9. The maximum absolute atomic E-state index is 10.9. The molecule has 1 fully saturated rings. The van der Waals surface area contributed by atoms with Gasteiger partial charge in [0.05, 0.1) is 18.5 Å². The molecule has 0 aromatic carbocycles. The van der Waals surface area contributed by atoms with Crippen molar-refractivity contribution in [3.05, 3.63) is 29.7 Å². The molecule has 3 heterocycles. The maximum Gasteiger partial charge on any atom is 0.317 e. The molecule has 6 nitrogen and oxygen atoms in total. The van der Waals surface area contributed by atoms with Crippen LogP contribution in [0.5, 0.6) is 0 Å². The summed E-state index contributed by atoms with van der Waals surface area (Å²) in [7, 11) is 1.91. The van der Waals surface area contributed by atoms with E-state index in [0.29, 0.717) is 6.04 Å². The van der Waals surface area contributed by atoms with Crippen molar-refractivity contribution >= 4 is 17.3 Å². The van der Waals surface area contributed by atoms with Crippen LogP contribution in [0.25, 0.3) is 10.6 Å². The Hall–Kier alpha value is -1.70. The van der Waals surface area contributed by atoms with Crippen LogP contribution in [0, 0.1) is 0 Å². The summed E-state index contributed by atoms with van der Waals surface area (Å²) in [6.07, 6.45) is 6.53. The smallest absolute Gasteiger partial charge is 0.317 e. The van der Waals surface area contributed by atoms with Crippen LogP contribution in [0.2, 0.25) is 0 Å². The lowest BCUT2D eigenvalue weighted by Crippen LogP contribution is -2.36. The van der Waals surface area contributed by atoms with Crippen molar-refractivity contribution in [2.75, 3.05) is 26.7 Å². The Bertz CT molecular complexity index is 656. The second-order valence-electron chi connectivity index (χ2n) is 6.33. The van der Waals surface area contributed by atoms with Crippen molar-refractivity contribution < 1.29 is 14.3 Å². The van der Waals surface area contributed by atoms with Gasteiger partial charge < -0.3 is 9.52 Å². The number of rotatable bonds is 6. The molecule has 1 saturated heterocycles. The fraction of sp³-hybridized carbons (Fsp3) is 0.529. The van der Waals surface area contributed by atoms with Crippen LogP contribution >= 0.6 is 11.3 Å². The minimum absolute atomic E-state index is 0.116. The van der Waals surface area contributed by atoms with Crippen LogP contribution in [-0.4, -0.2) is 58.6 Å². The number of likely N-dealkylation sites (tertiary alicyclic amines) is 1. The third kappa shape index (κ3) is 4.43. The second-order valence-corrected chi connectivity index (χ2v) is 7.18. The largest absolute Gasteiger partial charge is 0.480 e. The molecule has 2 aromatic rings. The number of hydrogen-bond acceptors (Lipinski definition) is 6. The van der Waals surface area contributed by atoms with Crippen molar-refractivity contribution in [2.24, 2.45) is 0 Å². The zero-order valence-electron chi connectivity index (χ0n) is 13.9. The number of aliphatic carboxylic acids is 1. The van der Waals surface area contributed by atoms with Crippen LogP contribution in [0.4, 0.5) is 0 Å². The molecule has 0 bridgehead atoms. The summed E-state index contributed by atoms with van der Waals surface area (Å²) in [6, 6.07) is 2.28. The average molecular weight is 349 g/mol. The molecule has 1 aliphatic heterocycles. The number of hydrogen-bond donors (Lipinski definition) is 1. The molecule has 3 rings (SSSR count). The molecular formula is C17H23N3O3S. The SMILES string of the molecule is CN(CC(=O)O)C1CCCN(Cc2csc(-c3ccoc3)n2)CC1. The van der Waals surface area contributed by atoms with Gasteiger partial charge in [-0.25, -0.2) is 4.98 Å². The fourth-order valence-corrected chi connectivity index (χ4v) is 4.00. The predicted octanol–water partition coefficient (Wildman–Crippen LogP) is 2.77. The van der Waals surface area contributed by atoms with Crippen LogP contribution < -0.4 is 0 Å². The van der Waals surface area contributed by atoms with Crippen LogP contribution in [0.3, 0.4) is 0 Å². The number of likely N-dealkylation sites (N-methyl/N-ethyl adjacent to an activating group) is 1. The Labute approximate surface area is 145 Å². The Kier molecular flexibility index (Phi) is 5.65. The topological polar surface area (TPSA) is 69.8 Å². The third-order valence-electron chi connectivity index (χ3n) is 4.50. The van der Waals surface area contributed by atoms with Gasteiger partial charge in [0, 0.05) is 30.1 Å². The van der Waals surface area contributed by atoms with Gasteiger partial charge in [-0.05, 0) is 38.9 Å². The number of furan rings is 1. The highest BCUT2D eigenvalue weighted by atomic mass is 32.1. The van der Waals surface area contributed by atoms with E-state index >= 15 is 0 Å². The number of aromatic nitrogens is 1. The quantitative estimate of drug-likeness (QED) is 0.865. The molecule has 0 saturated carbocycles. The van der Waals surface area contributed by atoms with E-state index in [2.05, 4.69) is 10.3 Å². The third-order valence-corrected chi connectivity index (χ3v) is 5.44. The zero-order valence-corrected chi connectivity index (χ0v) is 14.7. The van der Waals surface area contributed by atoms with Gasteiger partial charge in [0.25, 0.3) is 0 Å². The summed E-state index contributed by atoms with van der Waals surface area (Å²) in [5.41, 5.74) is 2.12. The van der Waals surface area contributed by atoms with Crippen LogP contribution in [0.15, 0.2) is 28.4 Å². The monoisotopic (exact) mass is 349 g/mol. The van der Waals surface area contributed by atoms with Crippen molar-refractivity contribution in [1.82, 2.24) is 14.8 Å². The van der Waals surface area contributed by atoms with Gasteiger partial charge in [-0.3, -0.25) is 14.6 Å². The van der Waals surface area contributed by atoms with E-state index in [-0.39, 0.29) is 6.54 Å². The van der Waals surface area contributed by atoms with Crippen molar-refractivity contribution in [3.63, 3.8) is 0 Å². The summed E-state index contributed by atoms with van der Waals surface area (Å²) in [5.74, 6) is -0.757. The van der Waals surface area contributed by atoms with Gasteiger partial charge in [-0.15, -0.1) is 11.3 Å². The summed E-state index contributed by atoms with van der Waals surface area (Å²) in [6.45, 7) is 2.98. The number of thiazole rings is 1. The molecule has 1 unspecified atom stereocenters. The molecule has 0 amide bonds. The van der Waals surface area contributed by atoms with Gasteiger partial charge in [0.2, 0.25) is 0 Å². The lowest BCUT2D eigenvalue weighted by molar-refractivity contribution is -0.138. The highest BCUT2D eigenvalue weighted by Gasteiger charge is 2.22. The lowest BCUT2D eigenvalue weighted by Gasteiger charge is -2.25. The first kappa shape index (κ1) is 17.1. The standard InChI is InChI=1S/C17H23N3O3S/c1-19(10-16(21)22)15-3-2-6-20(7-4-15)9-14-12-24-17(18-14)13-5-8-23-11-13/h5,8,11-12,15H,2-4,6-7,9-10H2,1H3,(H,21,22). The number of carbonyl (C=O) groups is 1. The Morgan fingerprint density at radius 3 is 3.12 bits per heavy atom. The summed E-state index contributed by atoms with van der Waals surface area (Å²) in [5, 5.41) is 12.1. The summed E-state index contributed by atoms with van der Waals surface area (Å²) in [4.78, 5) is 20.0. The minimum atomic E-state index is -0.757. The highest BCUT2D eigenvalue weighted by Crippen LogP contribution is 2.25. The first-order valence-electron chi connectivity index (χ1n) is 8.23. The molecule has 1 N–H and O–H groups in total. The van der Waals surface area contributed by atoms with E-state index in [1.165, 1.54) is 0 Å². The van der Waals surface area contributed by atoms with Gasteiger partial charge in [-0.1, -0.05) is 0 Å². The van der Waals surface area contributed by atoms with E-state index in [4.69, 9.17) is 14.5 Å². The number of carboxylic acid groups (broad SMARTS) is 1. The Balaban J connectivity index is 1.54. The van der Waals surface area contributed by atoms with Crippen molar-refractivity contribution in [2.45, 2.75) is 31.8 Å². The van der Waals surface area contributed by atoms with Crippen molar-refractivity contribution in [3.8, 4) is 10.6 Å². The Morgan fingerprint density at radius 1 is 1.50 bits per heavy atom. The zero-order chi connectivity index (χ0) is 16.9. The molecule has 0 aliphatic carbocycles. The first-order chi connectivity index (χ1) is 11.6. The summed E-state index contributed by atoms with van der Waals surface area (Å²) >= 11 is 1.64. The predicted molar refractivity (Wildman–Crippen MR) is 93.0 cm³/mol. The average Bonchev–Trinajstić information content (AvgIpc) is 3.15. The second kappa shape index (κ2) is 7.92. The van der Waals surface area contributed by atoms with Crippen LogP contribution in [-0.2, 0) is 11.3 Å². The Morgan fingerprint density at radius 2 is 2.38 bits per heavy atom. The van der Waals surface area contributed by atoms with E-state index < -0.39 is 5.97 Å². The lowest BCUT2D eigenvalue weighted by atomic mass is 10.1. The molecule has 24 heavy (non-hydrogen) atoms. The minimum Gasteiger partial charge on any atom is -0.480 e. The van der Waals surface area contributed by atoms with Crippen LogP contribution in [0.1, 0.15) is 25.0 Å². The molecule has 1 atom stereocenters. The van der Waals surface area contributed by atoms with Gasteiger partial charge in [-0.2, -0.15) is 0 Å². The van der Waals surface area contributed by atoms with E-state index in [1.54, 1.807) is 23.9 Å². The van der Waals surface area contributed by atoms with Crippen molar-refractivity contribution in [1.29, 1.82) is 0 Å². The number of nitrogens with zero attached hydrogens (tertiary/aromatic N) is 3. The van der Waals surface area contributed by atoms with E-state index in [9.17, 15) is 4.79 Å². The fourth-order valence-electron chi connectivity index (χ4n) is 3.21. The molecule has 130 valence electrons. The highest BCUT2D eigenvalue weighted by molar-refractivity contribution is 7.13. The normalized spacial score (nSPS) is 19.5. The molecule has 0 spiro atoms. The van der Waals surface area contributed by atoms with Gasteiger partial charge in [0.1, 0.15) is 11.3 Å². The summed E-state index contributed by atoms with van der Waals surface area (Å²) < 4.78 is 5.12. The molecule has 0 radical (unpaired) electrons. The first-order valence-corrected chi connectivity index (χ1v) is 9.11. The molecule has 1 aliphatic rings. The molecule has 7 heteroatoms. The van der Waals surface area contributed by atoms with Gasteiger partial charge >= 0.3 is 5.97 Å². The van der Waals surface area contributed by atoms with Gasteiger partial charge in [0.15, 0.2) is 0 Å².